The molecule has 2 N–H and O–H groups in total. The molecule has 2 heterocycles. The number of piperidine rings is 1. The fourth-order valence-electron chi connectivity index (χ4n) is 3.26. The molecule has 0 unspecified atom stereocenters. The van der Waals surface area contributed by atoms with E-state index in [1.165, 1.54) is 18.3 Å². The van der Waals surface area contributed by atoms with Crippen molar-refractivity contribution in [1.29, 1.82) is 0 Å². The Balaban J connectivity index is 1.56. The lowest BCUT2D eigenvalue weighted by atomic mass is 9.86. The first-order chi connectivity index (χ1) is 12.6. The van der Waals surface area contributed by atoms with Gasteiger partial charge in [-0.05, 0) is 42.5 Å². The average molecular weight is 357 g/mol. The van der Waals surface area contributed by atoms with Crippen molar-refractivity contribution >= 4 is 12.0 Å². The highest BCUT2D eigenvalue weighted by Gasteiger charge is 2.26. The summed E-state index contributed by atoms with van der Waals surface area (Å²) in [7, 11) is 0. The van der Waals surface area contributed by atoms with Crippen molar-refractivity contribution < 1.29 is 19.1 Å². The zero-order chi connectivity index (χ0) is 18.5. The minimum absolute atomic E-state index is 0.0350. The number of amides is 2. The van der Waals surface area contributed by atoms with Gasteiger partial charge in [0.15, 0.2) is 0 Å². The van der Waals surface area contributed by atoms with Crippen molar-refractivity contribution in [3.63, 3.8) is 0 Å². The summed E-state index contributed by atoms with van der Waals surface area (Å²) in [5, 5.41) is 12.0. The zero-order valence-corrected chi connectivity index (χ0v) is 14.2. The van der Waals surface area contributed by atoms with Crippen LogP contribution < -0.4 is 5.32 Å². The van der Waals surface area contributed by atoms with E-state index in [2.05, 4.69) is 10.3 Å². The first kappa shape index (κ1) is 17.8. The quantitative estimate of drug-likeness (QED) is 0.881. The van der Waals surface area contributed by atoms with Crippen molar-refractivity contribution in [1.82, 2.24) is 15.2 Å². The third-order valence-electron chi connectivity index (χ3n) is 4.65. The van der Waals surface area contributed by atoms with Crippen LogP contribution in [0.3, 0.4) is 0 Å². The van der Waals surface area contributed by atoms with Crippen molar-refractivity contribution in [3.8, 4) is 0 Å². The normalized spacial score (nSPS) is 14.9. The Morgan fingerprint density at radius 2 is 1.92 bits per heavy atom. The molecule has 1 saturated heterocycles. The molecule has 0 aliphatic carbocycles. The maximum absolute atomic E-state index is 13.5. The van der Waals surface area contributed by atoms with Gasteiger partial charge in [0.1, 0.15) is 5.82 Å². The summed E-state index contributed by atoms with van der Waals surface area (Å²) in [6, 6.07) is 9.54. The number of carboxylic acids is 1. The van der Waals surface area contributed by atoms with E-state index >= 15 is 0 Å². The SMILES string of the molecule is O=C(O)c1ccccc1C1CCN(C(=O)NCc2ncccc2F)CC1. The van der Waals surface area contributed by atoms with E-state index in [-0.39, 0.29) is 24.2 Å². The van der Waals surface area contributed by atoms with E-state index < -0.39 is 11.8 Å². The Morgan fingerprint density at radius 1 is 1.19 bits per heavy atom. The Morgan fingerprint density at radius 3 is 2.62 bits per heavy atom. The van der Waals surface area contributed by atoms with Crippen molar-refractivity contribution in [2.45, 2.75) is 25.3 Å². The number of aromatic carboxylic acids is 1. The van der Waals surface area contributed by atoms with E-state index in [4.69, 9.17) is 0 Å². The molecule has 0 atom stereocenters. The number of pyridine rings is 1. The highest BCUT2D eigenvalue weighted by Crippen LogP contribution is 2.30. The van der Waals surface area contributed by atoms with Crippen LogP contribution in [0.5, 0.6) is 0 Å². The molecule has 1 aliphatic heterocycles. The van der Waals surface area contributed by atoms with Gasteiger partial charge >= 0.3 is 12.0 Å². The van der Waals surface area contributed by atoms with Crippen LogP contribution in [-0.2, 0) is 6.54 Å². The Labute approximate surface area is 150 Å². The van der Waals surface area contributed by atoms with E-state index in [0.717, 1.165) is 5.56 Å². The van der Waals surface area contributed by atoms with Crippen molar-refractivity contribution in [3.05, 3.63) is 65.2 Å². The molecule has 2 amide bonds. The van der Waals surface area contributed by atoms with Gasteiger partial charge in [-0.15, -0.1) is 0 Å². The minimum atomic E-state index is -0.932. The first-order valence-electron chi connectivity index (χ1n) is 8.50. The van der Waals surface area contributed by atoms with Crippen LogP contribution in [0.1, 0.15) is 40.4 Å². The summed E-state index contributed by atoms with van der Waals surface area (Å²) < 4.78 is 13.5. The molecular weight excluding hydrogens is 337 g/mol. The number of carboxylic acid groups (broad SMARTS) is 1. The number of hydrogen-bond donors (Lipinski definition) is 2. The Kier molecular flexibility index (Phi) is 5.46. The van der Waals surface area contributed by atoms with Crippen LogP contribution in [0, 0.1) is 5.82 Å². The molecular formula is C19H20FN3O3. The second-order valence-corrected chi connectivity index (χ2v) is 6.24. The summed E-state index contributed by atoms with van der Waals surface area (Å²) in [6.07, 6.45) is 2.86. The topological polar surface area (TPSA) is 82.5 Å². The van der Waals surface area contributed by atoms with Gasteiger partial charge in [0.2, 0.25) is 0 Å². The van der Waals surface area contributed by atoms with Gasteiger partial charge in [-0.3, -0.25) is 4.98 Å². The third kappa shape index (κ3) is 3.99. The van der Waals surface area contributed by atoms with E-state index in [0.29, 0.717) is 31.5 Å². The van der Waals surface area contributed by atoms with Crippen LogP contribution in [0.4, 0.5) is 9.18 Å². The lowest BCUT2D eigenvalue weighted by molar-refractivity contribution is 0.0694. The van der Waals surface area contributed by atoms with E-state index in [1.807, 2.05) is 12.1 Å². The number of hydrogen-bond acceptors (Lipinski definition) is 3. The first-order valence-corrected chi connectivity index (χ1v) is 8.50. The van der Waals surface area contributed by atoms with Gasteiger partial charge in [-0.2, -0.15) is 0 Å². The number of rotatable bonds is 4. The van der Waals surface area contributed by atoms with Gasteiger partial charge in [0, 0.05) is 19.3 Å². The van der Waals surface area contributed by atoms with Crippen LogP contribution in [-0.4, -0.2) is 40.1 Å². The second-order valence-electron chi connectivity index (χ2n) is 6.24. The standard InChI is InChI=1S/C19H20FN3O3/c20-16-6-3-9-21-17(16)12-22-19(26)23-10-7-13(8-11-23)14-4-1-2-5-15(14)18(24)25/h1-6,9,13H,7-8,10-12H2,(H,22,26)(H,24,25). The molecule has 7 heteroatoms. The highest BCUT2D eigenvalue weighted by molar-refractivity contribution is 5.89. The van der Waals surface area contributed by atoms with Crippen LogP contribution in [0.2, 0.25) is 0 Å². The number of urea groups is 1. The lowest BCUT2D eigenvalue weighted by Gasteiger charge is -2.32. The molecule has 3 rings (SSSR count). The predicted molar refractivity (Wildman–Crippen MR) is 93.4 cm³/mol. The number of nitrogens with zero attached hydrogens (tertiary/aromatic N) is 2. The molecule has 1 fully saturated rings. The van der Waals surface area contributed by atoms with Crippen LogP contribution >= 0.6 is 0 Å². The number of carbonyl (C=O) groups excluding carboxylic acids is 1. The number of nitrogens with one attached hydrogen (secondary N) is 1. The maximum Gasteiger partial charge on any atom is 0.335 e. The fourth-order valence-corrected chi connectivity index (χ4v) is 3.26. The summed E-state index contributed by atoms with van der Waals surface area (Å²) in [5.74, 6) is -1.27. The van der Waals surface area contributed by atoms with Crippen LogP contribution in [0.15, 0.2) is 42.6 Å². The largest absolute Gasteiger partial charge is 0.478 e. The highest BCUT2D eigenvalue weighted by atomic mass is 19.1. The fraction of sp³-hybridized carbons (Fsp3) is 0.316. The maximum atomic E-state index is 13.5. The third-order valence-corrected chi connectivity index (χ3v) is 4.65. The Bertz CT molecular complexity index is 804. The molecule has 0 saturated carbocycles. The molecule has 6 nitrogen and oxygen atoms in total. The van der Waals surface area contributed by atoms with E-state index in [9.17, 15) is 19.1 Å². The summed E-state index contributed by atoms with van der Waals surface area (Å²) in [4.78, 5) is 29.2. The molecule has 1 aromatic carbocycles. The molecule has 0 bridgehead atoms. The lowest BCUT2D eigenvalue weighted by Crippen LogP contribution is -2.44. The molecule has 2 aromatic rings. The van der Waals surface area contributed by atoms with Gasteiger partial charge in [0.05, 0.1) is 17.8 Å². The summed E-state index contributed by atoms with van der Waals surface area (Å²) in [6.45, 7) is 1.08. The number of carbonyl (C=O) groups is 2. The molecule has 1 aromatic heterocycles. The number of aromatic nitrogens is 1. The van der Waals surface area contributed by atoms with Crippen LogP contribution in [0.25, 0.3) is 0 Å². The minimum Gasteiger partial charge on any atom is -0.478 e. The number of benzene rings is 1. The summed E-state index contributed by atoms with van der Waals surface area (Å²) in [5.41, 5.74) is 1.34. The molecule has 0 spiro atoms. The van der Waals surface area contributed by atoms with Crippen molar-refractivity contribution in [2.24, 2.45) is 0 Å². The zero-order valence-electron chi connectivity index (χ0n) is 14.2. The van der Waals surface area contributed by atoms with Gasteiger partial charge in [-0.25, -0.2) is 14.0 Å². The summed E-state index contributed by atoms with van der Waals surface area (Å²) >= 11 is 0. The number of halogens is 1. The molecule has 136 valence electrons. The monoisotopic (exact) mass is 357 g/mol. The smallest absolute Gasteiger partial charge is 0.335 e. The molecule has 0 radical (unpaired) electrons. The van der Waals surface area contributed by atoms with Crippen molar-refractivity contribution in [2.75, 3.05) is 13.1 Å². The van der Waals surface area contributed by atoms with Gasteiger partial charge in [-0.1, -0.05) is 18.2 Å². The molecule has 1 aliphatic rings. The second kappa shape index (κ2) is 7.95. The van der Waals surface area contributed by atoms with Gasteiger partial charge in [0.25, 0.3) is 0 Å². The van der Waals surface area contributed by atoms with Gasteiger partial charge < -0.3 is 15.3 Å². The average Bonchev–Trinajstić information content (AvgIpc) is 2.67. The predicted octanol–water partition coefficient (Wildman–Crippen LogP) is 3.01. The van der Waals surface area contributed by atoms with E-state index in [1.54, 1.807) is 17.0 Å². The molecule has 26 heavy (non-hydrogen) atoms. The number of likely N-dealkylation sites (tertiary alicyclic amines) is 1. The Hall–Kier alpha value is -2.96.